The van der Waals surface area contributed by atoms with Crippen molar-refractivity contribution in [2.75, 3.05) is 6.54 Å². The first kappa shape index (κ1) is 17.9. The second-order valence-electron chi connectivity index (χ2n) is 6.70. The van der Waals surface area contributed by atoms with Gasteiger partial charge in [-0.15, -0.1) is 0 Å². The molecule has 0 saturated carbocycles. The molecule has 2 heterocycles. The number of nitrogens with one attached hydrogen (secondary N) is 1. The summed E-state index contributed by atoms with van der Waals surface area (Å²) in [5.41, 5.74) is 5.50. The first-order chi connectivity index (χ1) is 13.2. The van der Waals surface area contributed by atoms with E-state index in [-0.39, 0.29) is 5.91 Å². The molecule has 2 aromatic heterocycles. The van der Waals surface area contributed by atoms with Gasteiger partial charge in [-0.25, -0.2) is 0 Å². The molecule has 5 nitrogen and oxygen atoms in total. The lowest BCUT2D eigenvalue weighted by atomic mass is 9.94. The topological polar surface area (TPSA) is 59.8 Å². The Morgan fingerprint density at radius 2 is 1.81 bits per heavy atom. The van der Waals surface area contributed by atoms with E-state index < -0.39 is 0 Å². The van der Waals surface area contributed by atoms with Crippen LogP contribution in [-0.4, -0.2) is 27.2 Å². The van der Waals surface area contributed by atoms with Crippen molar-refractivity contribution < 1.29 is 4.79 Å². The van der Waals surface area contributed by atoms with Crippen LogP contribution in [-0.2, 0) is 19.4 Å². The van der Waals surface area contributed by atoms with Gasteiger partial charge in [-0.1, -0.05) is 15.9 Å². The van der Waals surface area contributed by atoms with Gasteiger partial charge in [-0.3, -0.25) is 14.5 Å². The Kier molecular flexibility index (Phi) is 5.34. The third-order valence-electron chi connectivity index (χ3n) is 4.93. The van der Waals surface area contributed by atoms with Gasteiger partial charge in [-0.2, -0.15) is 5.10 Å². The molecule has 138 valence electrons. The van der Waals surface area contributed by atoms with E-state index in [0.29, 0.717) is 18.7 Å². The van der Waals surface area contributed by atoms with Crippen LogP contribution in [0.4, 0.5) is 0 Å². The highest BCUT2D eigenvalue weighted by Crippen LogP contribution is 2.30. The molecule has 0 saturated heterocycles. The number of halogens is 1. The maximum Gasteiger partial charge on any atom is 0.251 e. The second kappa shape index (κ2) is 8.05. The van der Waals surface area contributed by atoms with Crippen LogP contribution in [0.3, 0.4) is 0 Å². The maximum absolute atomic E-state index is 12.3. The quantitative estimate of drug-likeness (QED) is 0.672. The van der Waals surface area contributed by atoms with E-state index in [0.717, 1.165) is 28.6 Å². The van der Waals surface area contributed by atoms with Crippen LogP contribution in [0.15, 0.2) is 53.3 Å². The first-order valence-electron chi connectivity index (χ1n) is 9.25. The summed E-state index contributed by atoms with van der Waals surface area (Å²) >= 11 is 3.39. The third kappa shape index (κ3) is 3.95. The van der Waals surface area contributed by atoms with Crippen LogP contribution < -0.4 is 5.32 Å². The average molecular weight is 425 g/mol. The fraction of sp³-hybridized carbons (Fsp3) is 0.286. The molecule has 6 heteroatoms. The molecule has 27 heavy (non-hydrogen) atoms. The van der Waals surface area contributed by atoms with E-state index >= 15 is 0 Å². The van der Waals surface area contributed by atoms with E-state index in [1.165, 1.54) is 24.1 Å². The van der Waals surface area contributed by atoms with Gasteiger partial charge in [0.25, 0.3) is 5.91 Å². The van der Waals surface area contributed by atoms with Crippen molar-refractivity contribution in [3.63, 3.8) is 0 Å². The van der Waals surface area contributed by atoms with Gasteiger partial charge < -0.3 is 5.32 Å². The number of amides is 1. The molecule has 0 unspecified atom stereocenters. The van der Waals surface area contributed by atoms with Crippen molar-refractivity contribution in [3.8, 4) is 11.3 Å². The molecule has 4 rings (SSSR count). The van der Waals surface area contributed by atoms with Gasteiger partial charge in [0.05, 0.1) is 12.2 Å². The molecule has 0 radical (unpaired) electrons. The number of benzene rings is 1. The van der Waals surface area contributed by atoms with Crippen LogP contribution in [0, 0.1) is 0 Å². The Balaban J connectivity index is 1.48. The second-order valence-corrected chi connectivity index (χ2v) is 7.62. The average Bonchev–Trinajstić information content (AvgIpc) is 3.08. The van der Waals surface area contributed by atoms with Crippen molar-refractivity contribution in [2.45, 2.75) is 32.2 Å². The molecule has 0 spiro atoms. The van der Waals surface area contributed by atoms with Crippen LogP contribution >= 0.6 is 15.9 Å². The molecule has 1 aliphatic carbocycles. The van der Waals surface area contributed by atoms with Crippen LogP contribution in [0.5, 0.6) is 0 Å². The third-order valence-corrected chi connectivity index (χ3v) is 5.45. The van der Waals surface area contributed by atoms with Crippen molar-refractivity contribution in [1.29, 1.82) is 0 Å². The number of nitrogens with zero attached hydrogens (tertiary/aromatic N) is 3. The van der Waals surface area contributed by atoms with E-state index in [9.17, 15) is 4.79 Å². The SMILES string of the molecule is O=C(NCCn1nc(-c2ccncc2)c2c1CCCC2)c1ccc(Br)cc1. The fourth-order valence-corrected chi connectivity index (χ4v) is 3.84. The summed E-state index contributed by atoms with van der Waals surface area (Å²) < 4.78 is 3.04. The lowest BCUT2D eigenvalue weighted by Crippen LogP contribution is -2.28. The van der Waals surface area contributed by atoms with Gasteiger partial charge in [0.15, 0.2) is 0 Å². The van der Waals surface area contributed by atoms with E-state index in [1.807, 2.05) is 48.8 Å². The predicted molar refractivity (Wildman–Crippen MR) is 109 cm³/mol. The van der Waals surface area contributed by atoms with Crippen molar-refractivity contribution >= 4 is 21.8 Å². The summed E-state index contributed by atoms with van der Waals surface area (Å²) in [4.78, 5) is 16.4. The Hall–Kier alpha value is -2.47. The van der Waals surface area contributed by atoms with Gasteiger partial charge in [-0.05, 0) is 62.1 Å². The van der Waals surface area contributed by atoms with E-state index in [4.69, 9.17) is 5.10 Å². The Morgan fingerprint density at radius 3 is 2.59 bits per heavy atom. The van der Waals surface area contributed by atoms with Gasteiger partial charge in [0, 0.05) is 45.8 Å². The number of carbonyl (C=O) groups excluding carboxylic acids is 1. The number of rotatable bonds is 5. The van der Waals surface area contributed by atoms with Crippen LogP contribution in [0.25, 0.3) is 11.3 Å². The molecule has 0 atom stereocenters. The largest absolute Gasteiger partial charge is 0.350 e. The standard InChI is InChI=1S/C21H21BrN4O/c22-17-7-5-16(6-8-17)21(27)24-13-14-26-19-4-2-1-3-18(19)20(25-26)15-9-11-23-12-10-15/h5-12H,1-4,13-14H2,(H,24,27). The molecule has 1 N–H and O–H groups in total. The Bertz CT molecular complexity index is 935. The monoisotopic (exact) mass is 424 g/mol. The highest BCUT2D eigenvalue weighted by Gasteiger charge is 2.21. The van der Waals surface area contributed by atoms with Gasteiger partial charge in [0.2, 0.25) is 0 Å². The van der Waals surface area contributed by atoms with Crippen molar-refractivity contribution in [3.05, 3.63) is 70.1 Å². The molecule has 3 aromatic rings. The summed E-state index contributed by atoms with van der Waals surface area (Å²) in [6.45, 7) is 1.23. The molecule has 1 aliphatic rings. The van der Waals surface area contributed by atoms with E-state index in [1.54, 1.807) is 0 Å². The minimum absolute atomic E-state index is 0.0575. The molecule has 1 aromatic carbocycles. The van der Waals surface area contributed by atoms with E-state index in [2.05, 4.69) is 30.9 Å². The highest BCUT2D eigenvalue weighted by atomic mass is 79.9. The zero-order valence-corrected chi connectivity index (χ0v) is 16.6. The highest BCUT2D eigenvalue weighted by molar-refractivity contribution is 9.10. The molecule has 0 aliphatic heterocycles. The summed E-state index contributed by atoms with van der Waals surface area (Å²) in [5, 5.41) is 7.87. The lowest BCUT2D eigenvalue weighted by molar-refractivity contribution is 0.0952. The van der Waals surface area contributed by atoms with Gasteiger partial charge >= 0.3 is 0 Å². The molecular formula is C21H21BrN4O. The summed E-state index contributed by atoms with van der Waals surface area (Å²) in [6.07, 6.45) is 8.13. The van der Waals surface area contributed by atoms with Crippen LogP contribution in [0.2, 0.25) is 0 Å². The first-order valence-corrected chi connectivity index (χ1v) is 10.0. The van der Waals surface area contributed by atoms with Crippen molar-refractivity contribution in [1.82, 2.24) is 20.1 Å². The maximum atomic E-state index is 12.3. The number of aromatic nitrogens is 3. The Labute approximate surface area is 167 Å². The zero-order valence-electron chi connectivity index (χ0n) is 15.0. The minimum Gasteiger partial charge on any atom is -0.350 e. The number of carbonyl (C=O) groups is 1. The summed E-state index contributed by atoms with van der Waals surface area (Å²) in [6, 6.07) is 11.4. The van der Waals surface area contributed by atoms with Crippen molar-refractivity contribution in [2.24, 2.45) is 0 Å². The zero-order chi connectivity index (χ0) is 18.6. The Morgan fingerprint density at radius 1 is 1.07 bits per heavy atom. The number of fused-ring (bicyclic) bond motifs is 1. The number of hydrogen-bond acceptors (Lipinski definition) is 3. The number of pyridine rings is 1. The van der Waals surface area contributed by atoms with Gasteiger partial charge in [0.1, 0.15) is 0 Å². The molecule has 1 amide bonds. The smallest absolute Gasteiger partial charge is 0.251 e. The molecule has 0 bridgehead atoms. The summed E-state index contributed by atoms with van der Waals surface area (Å²) in [7, 11) is 0. The minimum atomic E-state index is -0.0575. The fourth-order valence-electron chi connectivity index (χ4n) is 3.58. The lowest BCUT2D eigenvalue weighted by Gasteiger charge is -2.14. The predicted octanol–water partition coefficient (Wildman–Crippen LogP) is 4.02. The summed E-state index contributed by atoms with van der Waals surface area (Å²) in [5.74, 6) is -0.0575. The molecule has 0 fully saturated rings. The molecular weight excluding hydrogens is 404 g/mol. The normalized spacial score (nSPS) is 13.2. The van der Waals surface area contributed by atoms with Crippen LogP contribution in [0.1, 0.15) is 34.5 Å². The number of hydrogen-bond donors (Lipinski definition) is 1.